The van der Waals surface area contributed by atoms with E-state index in [1.54, 1.807) is 0 Å². The Labute approximate surface area is 190 Å². The van der Waals surface area contributed by atoms with Gasteiger partial charge in [-0.1, -0.05) is 30.3 Å². The summed E-state index contributed by atoms with van der Waals surface area (Å²) >= 11 is 0. The van der Waals surface area contributed by atoms with Gasteiger partial charge < -0.3 is 9.80 Å². The Bertz CT molecular complexity index is 963. The van der Waals surface area contributed by atoms with Crippen LogP contribution >= 0.6 is 0 Å². The molecule has 0 atom stereocenters. The highest BCUT2D eigenvalue weighted by Crippen LogP contribution is 2.38. The van der Waals surface area contributed by atoms with Crippen molar-refractivity contribution < 1.29 is 9.59 Å². The van der Waals surface area contributed by atoms with Crippen LogP contribution in [0.1, 0.15) is 43.4 Å². The molecule has 3 aliphatic rings. The highest BCUT2D eigenvalue weighted by Gasteiger charge is 2.51. The zero-order chi connectivity index (χ0) is 22.1. The lowest BCUT2D eigenvalue weighted by atomic mass is 9.81. The molecular formula is C26H32N4O2. The van der Waals surface area contributed by atoms with Crippen molar-refractivity contribution in [2.45, 2.75) is 51.1 Å². The van der Waals surface area contributed by atoms with Gasteiger partial charge in [-0.25, -0.2) is 0 Å². The number of likely N-dealkylation sites (tertiary alicyclic amines) is 1. The van der Waals surface area contributed by atoms with Crippen LogP contribution in [0.15, 0.2) is 48.7 Å². The van der Waals surface area contributed by atoms with Gasteiger partial charge in [0.2, 0.25) is 11.8 Å². The lowest BCUT2D eigenvalue weighted by molar-refractivity contribution is -0.144. The standard InChI is InChI=1S/C26H32N4O2/c1-20-7-10-23(18-27-20)30-16-15-29(19-22-5-3-2-4-6-22)26(25(30)32)11-13-28(14-12-26)24(31)17-21-8-9-21/h2-7,10,18,21H,8-9,11-17,19H2,1H3. The molecule has 6 heteroatoms. The Morgan fingerprint density at radius 3 is 2.44 bits per heavy atom. The van der Waals surface area contributed by atoms with Gasteiger partial charge in [0, 0.05) is 44.8 Å². The Morgan fingerprint density at radius 2 is 1.78 bits per heavy atom. The third kappa shape index (κ3) is 4.16. The van der Waals surface area contributed by atoms with Crippen LogP contribution in [-0.4, -0.2) is 58.3 Å². The number of piperazine rings is 1. The molecule has 3 heterocycles. The van der Waals surface area contributed by atoms with E-state index in [4.69, 9.17) is 0 Å². The Balaban J connectivity index is 1.39. The number of carbonyl (C=O) groups excluding carboxylic acids is 2. The van der Waals surface area contributed by atoms with Gasteiger partial charge >= 0.3 is 0 Å². The number of carbonyl (C=O) groups is 2. The molecule has 168 valence electrons. The lowest BCUT2D eigenvalue weighted by Gasteiger charge is -2.52. The molecule has 2 amide bonds. The molecule has 1 aliphatic carbocycles. The third-order valence-electron chi connectivity index (χ3n) is 7.37. The van der Waals surface area contributed by atoms with E-state index >= 15 is 0 Å². The van der Waals surface area contributed by atoms with Gasteiger partial charge in [0.25, 0.3) is 0 Å². The second-order valence-electron chi connectivity index (χ2n) is 9.58. The fourth-order valence-corrected chi connectivity index (χ4v) is 5.18. The SMILES string of the molecule is Cc1ccc(N2CCN(Cc3ccccc3)C3(CCN(C(=O)CC4CC4)CC3)C2=O)cn1. The number of anilines is 1. The Kier molecular flexibility index (Phi) is 5.72. The van der Waals surface area contributed by atoms with Gasteiger partial charge in [-0.3, -0.25) is 19.5 Å². The topological polar surface area (TPSA) is 56.8 Å². The van der Waals surface area contributed by atoms with Crippen LogP contribution in [0.25, 0.3) is 0 Å². The molecular weight excluding hydrogens is 400 g/mol. The molecule has 0 radical (unpaired) electrons. The molecule has 3 fully saturated rings. The monoisotopic (exact) mass is 432 g/mol. The normalized spacial score (nSPS) is 21.2. The van der Waals surface area contributed by atoms with Crippen molar-refractivity contribution in [1.82, 2.24) is 14.8 Å². The molecule has 1 spiro atoms. The lowest BCUT2D eigenvalue weighted by Crippen LogP contribution is -2.69. The first-order chi connectivity index (χ1) is 15.5. The predicted molar refractivity (Wildman–Crippen MR) is 124 cm³/mol. The van der Waals surface area contributed by atoms with E-state index in [1.807, 2.05) is 41.1 Å². The molecule has 6 nitrogen and oxygen atoms in total. The summed E-state index contributed by atoms with van der Waals surface area (Å²) in [5, 5.41) is 0. The van der Waals surface area contributed by atoms with Crippen molar-refractivity contribution in [2.24, 2.45) is 5.92 Å². The number of aryl methyl sites for hydroxylation is 1. The first-order valence-electron chi connectivity index (χ1n) is 11.9. The number of hydrogen-bond donors (Lipinski definition) is 0. The number of pyridine rings is 1. The molecule has 1 saturated carbocycles. The van der Waals surface area contributed by atoms with Crippen LogP contribution in [0.4, 0.5) is 5.69 Å². The second-order valence-corrected chi connectivity index (χ2v) is 9.58. The van der Waals surface area contributed by atoms with Gasteiger partial charge in [0.1, 0.15) is 5.54 Å². The first kappa shape index (κ1) is 21.1. The van der Waals surface area contributed by atoms with Crippen molar-refractivity contribution in [3.05, 3.63) is 59.9 Å². The van der Waals surface area contributed by atoms with E-state index in [1.165, 1.54) is 18.4 Å². The smallest absolute Gasteiger partial charge is 0.247 e. The zero-order valence-corrected chi connectivity index (χ0v) is 18.9. The number of hydrogen-bond acceptors (Lipinski definition) is 4. The van der Waals surface area contributed by atoms with Crippen LogP contribution in [0, 0.1) is 12.8 Å². The molecule has 2 aliphatic heterocycles. The van der Waals surface area contributed by atoms with E-state index < -0.39 is 5.54 Å². The van der Waals surface area contributed by atoms with Crippen molar-refractivity contribution in [1.29, 1.82) is 0 Å². The van der Waals surface area contributed by atoms with Gasteiger partial charge in [-0.15, -0.1) is 0 Å². The Morgan fingerprint density at radius 1 is 1.03 bits per heavy atom. The molecule has 2 saturated heterocycles. The largest absolute Gasteiger partial charge is 0.343 e. The summed E-state index contributed by atoms with van der Waals surface area (Å²) in [4.78, 5) is 37.4. The first-order valence-corrected chi connectivity index (χ1v) is 11.9. The second kappa shape index (κ2) is 8.66. The number of amides is 2. The molecule has 0 bridgehead atoms. The minimum absolute atomic E-state index is 0.152. The summed E-state index contributed by atoms with van der Waals surface area (Å²) in [5.41, 5.74) is 2.46. The maximum absolute atomic E-state index is 14.0. The van der Waals surface area contributed by atoms with Crippen LogP contribution in [0.2, 0.25) is 0 Å². The van der Waals surface area contributed by atoms with E-state index in [9.17, 15) is 9.59 Å². The number of rotatable bonds is 5. The molecule has 0 unspecified atom stereocenters. The van der Waals surface area contributed by atoms with E-state index in [0.717, 1.165) is 24.5 Å². The number of piperidine rings is 1. The highest BCUT2D eigenvalue weighted by molar-refractivity contribution is 6.01. The van der Waals surface area contributed by atoms with Crippen LogP contribution in [0.3, 0.4) is 0 Å². The summed E-state index contributed by atoms with van der Waals surface area (Å²) < 4.78 is 0. The fraction of sp³-hybridized carbons (Fsp3) is 0.500. The van der Waals surface area contributed by atoms with Gasteiger partial charge in [0.05, 0.1) is 11.9 Å². The van der Waals surface area contributed by atoms with E-state index in [2.05, 4.69) is 34.1 Å². The quantitative estimate of drug-likeness (QED) is 0.727. The fourth-order valence-electron chi connectivity index (χ4n) is 5.18. The maximum Gasteiger partial charge on any atom is 0.247 e. The van der Waals surface area contributed by atoms with E-state index in [-0.39, 0.29) is 11.8 Å². The molecule has 1 aromatic carbocycles. The summed E-state index contributed by atoms with van der Waals surface area (Å²) in [7, 11) is 0. The average molecular weight is 433 g/mol. The van der Waals surface area contributed by atoms with Crippen molar-refractivity contribution in [3.8, 4) is 0 Å². The molecule has 5 rings (SSSR count). The zero-order valence-electron chi connectivity index (χ0n) is 18.9. The summed E-state index contributed by atoms with van der Waals surface area (Å²) in [6, 6.07) is 14.3. The average Bonchev–Trinajstić information content (AvgIpc) is 3.63. The highest BCUT2D eigenvalue weighted by atomic mass is 16.2. The number of aromatic nitrogens is 1. The minimum Gasteiger partial charge on any atom is -0.343 e. The van der Waals surface area contributed by atoms with Gasteiger partial charge in [-0.2, -0.15) is 0 Å². The minimum atomic E-state index is -0.574. The third-order valence-corrected chi connectivity index (χ3v) is 7.37. The molecule has 32 heavy (non-hydrogen) atoms. The Hall–Kier alpha value is -2.73. The van der Waals surface area contributed by atoms with E-state index in [0.29, 0.717) is 44.8 Å². The maximum atomic E-state index is 14.0. The molecule has 1 aromatic heterocycles. The summed E-state index contributed by atoms with van der Waals surface area (Å²) in [6.07, 6.45) is 6.23. The van der Waals surface area contributed by atoms with Gasteiger partial charge in [-0.05, 0) is 56.2 Å². The predicted octanol–water partition coefficient (Wildman–Crippen LogP) is 3.40. The van der Waals surface area contributed by atoms with Crippen LogP contribution in [-0.2, 0) is 16.1 Å². The molecule has 2 aromatic rings. The van der Waals surface area contributed by atoms with Crippen LogP contribution < -0.4 is 4.90 Å². The van der Waals surface area contributed by atoms with Gasteiger partial charge in [0.15, 0.2) is 0 Å². The van der Waals surface area contributed by atoms with Crippen molar-refractivity contribution in [3.63, 3.8) is 0 Å². The molecule has 0 N–H and O–H groups in total. The summed E-state index contributed by atoms with van der Waals surface area (Å²) in [5.74, 6) is 1.01. The van der Waals surface area contributed by atoms with Crippen molar-refractivity contribution >= 4 is 17.5 Å². The number of benzene rings is 1. The van der Waals surface area contributed by atoms with Crippen molar-refractivity contribution in [2.75, 3.05) is 31.1 Å². The van der Waals surface area contributed by atoms with Crippen LogP contribution in [0.5, 0.6) is 0 Å². The summed E-state index contributed by atoms with van der Waals surface area (Å²) in [6.45, 7) is 5.49. The number of nitrogens with zero attached hydrogens (tertiary/aromatic N) is 4.